The number of rotatable bonds is 4. The molecular formula is C14H19NO3. The average Bonchev–Trinajstić information content (AvgIpc) is 2.26. The number of benzene rings is 1. The van der Waals surface area contributed by atoms with Crippen molar-refractivity contribution in [2.24, 2.45) is 0 Å². The molecule has 1 aromatic carbocycles. The predicted octanol–water partition coefficient (Wildman–Crippen LogP) is 2.27. The Kier molecular flexibility index (Phi) is 3.20. The van der Waals surface area contributed by atoms with Crippen LogP contribution in [0.5, 0.6) is 5.75 Å². The van der Waals surface area contributed by atoms with E-state index in [2.05, 4.69) is 0 Å². The number of carboxylic acid groups (broad SMARTS) is 1. The standard InChI is InChI=1S/C14H19NO3/c1-15(2)10-5-6-12(18-3)11(9-10)14(13(16)17)7-4-8-14/h5-6,9H,4,7-8H2,1-3H3,(H,16,17). The number of hydrogen-bond donors (Lipinski definition) is 1. The van der Waals surface area contributed by atoms with Crippen LogP contribution in [-0.2, 0) is 10.2 Å². The smallest absolute Gasteiger partial charge is 0.314 e. The summed E-state index contributed by atoms with van der Waals surface area (Å²) in [5.41, 5.74) is 1.05. The second-order valence-electron chi connectivity index (χ2n) is 5.02. The predicted molar refractivity (Wildman–Crippen MR) is 70.5 cm³/mol. The molecule has 4 nitrogen and oxygen atoms in total. The minimum atomic E-state index is -0.753. The van der Waals surface area contributed by atoms with E-state index in [1.54, 1.807) is 7.11 Å². The van der Waals surface area contributed by atoms with Gasteiger partial charge in [-0.2, -0.15) is 0 Å². The highest BCUT2D eigenvalue weighted by molar-refractivity contribution is 5.84. The van der Waals surface area contributed by atoms with Crippen LogP contribution >= 0.6 is 0 Å². The van der Waals surface area contributed by atoms with E-state index in [1.165, 1.54) is 0 Å². The lowest BCUT2D eigenvalue weighted by Gasteiger charge is -2.39. The van der Waals surface area contributed by atoms with E-state index in [0.29, 0.717) is 18.6 Å². The van der Waals surface area contributed by atoms with Crippen LogP contribution in [0.15, 0.2) is 18.2 Å². The molecule has 0 heterocycles. The Balaban J connectivity index is 2.53. The number of ether oxygens (including phenoxy) is 1. The van der Waals surface area contributed by atoms with E-state index in [0.717, 1.165) is 17.7 Å². The van der Waals surface area contributed by atoms with Crippen molar-refractivity contribution in [1.29, 1.82) is 0 Å². The van der Waals surface area contributed by atoms with Crippen LogP contribution in [-0.4, -0.2) is 32.3 Å². The third-order valence-electron chi connectivity index (χ3n) is 3.83. The van der Waals surface area contributed by atoms with Crippen LogP contribution in [0.1, 0.15) is 24.8 Å². The number of nitrogens with zero attached hydrogens (tertiary/aromatic N) is 1. The third kappa shape index (κ3) is 1.82. The van der Waals surface area contributed by atoms with Crippen LogP contribution in [0.25, 0.3) is 0 Å². The van der Waals surface area contributed by atoms with Crippen LogP contribution in [0, 0.1) is 0 Å². The first-order chi connectivity index (χ1) is 8.51. The van der Waals surface area contributed by atoms with Crippen molar-refractivity contribution in [1.82, 2.24) is 0 Å². The van der Waals surface area contributed by atoms with Gasteiger partial charge >= 0.3 is 5.97 Å². The molecule has 0 bridgehead atoms. The molecule has 0 spiro atoms. The summed E-state index contributed by atoms with van der Waals surface area (Å²) in [6, 6.07) is 5.73. The monoisotopic (exact) mass is 249 g/mol. The van der Waals surface area contributed by atoms with E-state index in [9.17, 15) is 9.90 Å². The maximum absolute atomic E-state index is 11.6. The van der Waals surface area contributed by atoms with Gasteiger partial charge in [-0.3, -0.25) is 4.79 Å². The number of hydrogen-bond acceptors (Lipinski definition) is 3. The second kappa shape index (κ2) is 4.52. The summed E-state index contributed by atoms with van der Waals surface area (Å²) in [5, 5.41) is 9.52. The van der Waals surface area contributed by atoms with Crippen LogP contribution < -0.4 is 9.64 Å². The van der Waals surface area contributed by atoms with Gasteiger partial charge in [-0.25, -0.2) is 0 Å². The van der Waals surface area contributed by atoms with Crippen molar-refractivity contribution >= 4 is 11.7 Å². The lowest BCUT2D eigenvalue weighted by molar-refractivity contribution is -0.147. The molecule has 2 rings (SSSR count). The van der Waals surface area contributed by atoms with Gasteiger partial charge in [0.1, 0.15) is 5.75 Å². The minimum absolute atomic E-state index is 0.669. The average molecular weight is 249 g/mol. The van der Waals surface area contributed by atoms with E-state index in [-0.39, 0.29) is 0 Å². The van der Waals surface area contributed by atoms with E-state index >= 15 is 0 Å². The van der Waals surface area contributed by atoms with Gasteiger partial charge in [0.25, 0.3) is 0 Å². The van der Waals surface area contributed by atoms with Crippen molar-refractivity contribution in [2.75, 3.05) is 26.1 Å². The first kappa shape index (κ1) is 12.7. The van der Waals surface area contributed by atoms with Crippen molar-refractivity contribution in [2.45, 2.75) is 24.7 Å². The van der Waals surface area contributed by atoms with E-state index in [1.807, 2.05) is 37.2 Å². The molecule has 0 aromatic heterocycles. The van der Waals surface area contributed by atoms with Gasteiger partial charge in [0, 0.05) is 25.3 Å². The highest BCUT2D eigenvalue weighted by Crippen LogP contribution is 2.48. The van der Waals surface area contributed by atoms with E-state index < -0.39 is 11.4 Å². The third-order valence-corrected chi connectivity index (χ3v) is 3.83. The van der Waals surface area contributed by atoms with E-state index in [4.69, 9.17) is 4.74 Å². The Morgan fingerprint density at radius 3 is 2.44 bits per heavy atom. The fraction of sp³-hybridized carbons (Fsp3) is 0.500. The number of carboxylic acids is 1. The SMILES string of the molecule is COc1ccc(N(C)C)cc1C1(C(=O)O)CCC1. The molecule has 0 amide bonds. The Bertz CT molecular complexity index is 464. The van der Waals surface area contributed by atoms with Gasteiger partial charge < -0.3 is 14.7 Å². The molecule has 1 N–H and O–H groups in total. The zero-order valence-electron chi connectivity index (χ0n) is 11.1. The van der Waals surface area contributed by atoms with Gasteiger partial charge in [0.05, 0.1) is 12.5 Å². The topological polar surface area (TPSA) is 49.8 Å². The molecule has 0 aliphatic heterocycles. The Morgan fingerprint density at radius 2 is 2.06 bits per heavy atom. The zero-order valence-corrected chi connectivity index (χ0v) is 11.1. The second-order valence-corrected chi connectivity index (χ2v) is 5.02. The Labute approximate surface area is 107 Å². The van der Waals surface area contributed by atoms with Gasteiger partial charge in [0.2, 0.25) is 0 Å². The molecule has 18 heavy (non-hydrogen) atoms. The van der Waals surface area contributed by atoms with Gasteiger partial charge in [0.15, 0.2) is 0 Å². The number of methoxy groups -OCH3 is 1. The highest BCUT2D eigenvalue weighted by Gasteiger charge is 2.47. The molecule has 98 valence electrons. The first-order valence-electron chi connectivity index (χ1n) is 6.10. The fourth-order valence-corrected chi connectivity index (χ4v) is 2.48. The molecule has 1 saturated carbocycles. The van der Waals surface area contributed by atoms with Crippen LogP contribution in [0.4, 0.5) is 5.69 Å². The summed E-state index contributed by atoms with van der Waals surface area (Å²) >= 11 is 0. The minimum Gasteiger partial charge on any atom is -0.496 e. The quantitative estimate of drug-likeness (QED) is 0.889. The highest BCUT2D eigenvalue weighted by atomic mass is 16.5. The van der Waals surface area contributed by atoms with Crippen molar-refractivity contribution in [3.63, 3.8) is 0 Å². The van der Waals surface area contributed by atoms with Crippen molar-refractivity contribution in [3.05, 3.63) is 23.8 Å². The summed E-state index contributed by atoms with van der Waals surface area (Å²) in [6.07, 6.45) is 2.34. The molecule has 4 heteroatoms. The molecular weight excluding hydrogens is 230 g/mol. The lowest BCUT2D eigenvalue weighted by atomic mass is 9.64. The number of carbonyl (C=O) groups is 1. The lowest BCUT2D eigenvalue weighted by Crippen LogP contribution is -2.42. The first-order valence-corrected chi connectivity index (χ1v) is 6.10. The zero-order chi connectivity index (χ0) is 13.3. The maximum Gasteiger partial charge on any atom is 0.314 e. The van der Waals surface area contributed by atoms with Crippen molar-refractivity contribution < 1.29 is 14.6 Å². The van der Waals surface area contributed by atoms with Gasteiger partial charge in [-0.05, 0) is 31.0 Å². The van der Waals surface area contributed by atoms with Gasteiger partial charge in [-0.15, -0.1) is 0 Å². The molecule has 1 aliphatic rings. The van der Waals surface area contributed by atoms with Gasteiger partial charge in [-0.1, -0.05) is 6.42 Å². The normalized spacial score (nSPS) is 16.8. The molecule has 0 saturated heterocycles. The van der Waals surface area contributed by atoms with Crippen LogP contribution in [0.2, 0.25) is 0 Å². The van der Waals surface area contributed by atoms with Crippen LogP contribution in [0.3, 0.4) is 0 Å². The maximum atomic E-state index is 11.6. The summed E-state index contributed by atoms with van der Waals surface area (Å²) < 4.78 is 5.33. The Morgan fingerprint density at radius 1 is 1.39 bits per heavy atom. The molecule has 1 aliphatic carbocycles. The molecule has 0 unspecified atom stereocenters. The summed E-state index contributed by atoms with van der Waals surface area (Å²) in [5.74, 6) is -0.0781. The molecule has 0 atom stereocenters. The Hall–Kier alpha value is -1.71. The molecule has 0 radical (unpaired) electrons. The summed E-state index contributed by atoms with van der Waals surface area (Å²) in [4.78, 5) is 13.6. The van der Waals surface area contributed by atoms with Crippen molar-refractivity contribution in [3.8, 4) is 5.75 Å². The summed E-state index contributed by atoms with van der Waals surface area (Å²) in [7, 11) is 5.47. The number of anilines is 1. The fourth-order valence-electron chi connectivity index (χ4n) is 2.48. The summed E-state index contributed by atoms with van der Waals surface area (Å²) in [6.45, 7) is 0. The molecule has 1 aromatic rings. The molecule has 1 fully saturated rings. The number of aliphatic carboxylic acids is 1. The largest absolute Gasteiger partial charge is 0.496 e.